The highest BCUT2D eigenvalue weighted by Crippen LogP contribution is 2.20. The van der Waals surface area contributed by atoms with Crippen LogP contribution < -0.4 is 4.90 Å². The van der Waals surface area contributed by atoms with Gasteiger partial charge in [0.2, 0.25) is 0 Å². The molecule has 0 saturated carbocycles. The Morgan fingerprint density at radius 2 is 2.17 bits per heavy atom. The molecule has 2 heterocycles. The molecule has 1 saturated heterocycles. The third-order valence-electron chi connectivity index (χ3n) is 3.65. The summed E-state index contributed by atoms with van der Waals surface area (Å²) in [7, 11) is 0. The van der Waals surface area contributed by atoms with Crippen molar-refractivity contribution < 1.29 is 5.11 Å². The minimum Gasteiger partial charge on any atom is -0.390 e. The van der Waals surface area contributed by atoms with Gasteiger partial charge in [0.15, 0.2) is 0 Å². The molecule has 1 aliphatic heterocycles. The Morgan fingerprint density at radius 1 is 1.39 bits per heavy atom. The predicted molar refractivity (Wildman–Crippen MR) is 71.5 cm³/mol. The number of likely N-dealkylation sites (N-methyl/N-ethyl adjacent to an activating group) is 1. The summed E-state index contributed by atoms with van der Waals surface area (Å²) in [5.41, 5.74) is 0.638. The fourth-order valence-electron chi connectivity index (χ4n) is 2.61. The van der Waals surface area contributed by atoms with E-state index in [2.05, 4.69) is 33.6 Å². The lowest BCUT2D eigenvalue weighted by Crippen LogP contribution is -2.37. The largest absolute Gasteiger partial charge is 0.390 e. The highest BCUT2D eigenvalue weighted by atomic mass is 16.3. The molecule has 1 atom stereocenters. The maximum Gasteiger partial charge on any atom is 0.147 e. The molecule has 1 fully saturated rings. The molecule has 1 aliphatic rings. The van der Waals surface area contributed by atoms with Crippen molar-refractivity contribution in [2.24, 2.45) is 0 Å². The van der Waals surface area contributed by atoms with E-state index in [0.717, 1.165) is 32.0 Å². The molecule has 1 unspecified atom stereocenters. The van der Waals surface area contributed by atoms with Crippen LogP contribution in [0.2, 0.25) is 0 Å². The smallest absolute Gasteiger partial charge is 0.147 e. The molecular weight excluding hydrogens is 228 g/mol. The Morgan fingerprint density at radius 3 is 2.83 bits per heavy atom. The van der Waals surface area contributed by atoms with Crippen molar-refractivity contribution >= 4 is 5.82 Å². The van der Waals surface area contributed by atoms with Crippen molar-refractivity contribution in [1.29, 1.82) is 0 Å². The molecule has 100 valence electrons. The van der Waals surface area contributed by atoms with Crippen LogP contribution in [-0.2, 0) is 6.61 Å². The van der Waals surface area contributed by atoms with Gasteiger partial charge in [-0.15, -0.1) is 0 Å². The molecule has 5 nitrogen and oxygen atoms in total. The highest BCUT2D eigenvalue weighted by Gasteiger charge is 2.27. The average molecular weight is 250 g/mol. The van der Waals surface area contributed by atoms with E-state index in [4.69, 9.17) is 5.11 Å². The van der Waals surface area contributed by atoms with E-state index in [0.29, 0.717) is 11.7 Å². The maximum absolute atomic E-state index is 9.09. The average Bonchev–Trinajstić information content (AvgIpc) is 2.90. The minimum atomic E-state index is -0.0475. The van der Waals surface area contributed by atoms with Gasteiger partial charge in [-0.05, 0) is 19.5 Å². The molecule has 0 aliphatic carbocycles. The van der Waals surface area contributed by atoms with Crippen molar-refractivity contribution in [2.45, 2.75) is 32.9 Å². The van der Waals surface area contributed by atoms with Gasteiger partial charge in [-0.3, -0.25) is 9.88 Å². The summed E-state index contributed by atoms with van der Waals surface area (Å²) in [5.74, 6) is 0.885. The first-order valence-corrected chi connectivity index (χ1v) is 6.69. The van der Waals surface area contributed by atoms with Gasteiger partial charge in [0.05, 0.1) is 24.7 Å². The van der Waals surface area contributed by atoms with Gasteiger partial charge >= 0.3 is 0 Å². The van der Waals surface area contributed by atoms with Crippen LogP contribution in [0.1, 0.15) is 26.0 Å². The van der Waals surface area contributed by atoms with Crippen LogP contribution in [0.15, 0.2) is 12.4 Å². The summed E-state index contributed by atoms with van der Waals surface area (Å²) in [5, 5.41) is 9.09. The number of aliphatic hydroxyl groups is 1. The van der Waals surface area contributed by atoms with Crippen molar-refractivity contribution in [3.63, 3.8) is 0 Å². The summed E-state index contributed by atoms with van der Waals surface area (Å²) >= 11 is 0. The standard InChI is InChI=1S/C13H22N4O/c1-3-16(4-2)12-5-6-17(9-12)13-8-14-7-11(10-18)15-13/h7-8,12,18H,3-6,9-10H2,1-2H3. The Labute approximate surface area is 108 Å². The lowest BCUT2D eigenvalue weighted by Gasteiger charge is -2.26. The number of nitrogens with zero attached hydrogens (tertiary/aromatic N) is 4. The van der Waals surface area contributed by atoms with Crippen LogP contribution in [0, 0.1) is 0 Å². The Bertz CT molecular complexity index is 381. The second-order valence-corrected chi connectivity index (χ2v) is 4.64. The van der Waals surface area contributed by atoms with E-state index < -0.39 is 0 Å². The molecule has 18 heavy (non-hydrogen) atoms. The molecule has 1 N–H and O–H groups in total. The molecule has 0 spiro atoms. The third kappa shape index (κ3) is 2.79. The zero-order valence-electron chi connectivity index (χ0n) is 11.2. The van der Waals surface area contributed by atoms with E-state index in [-0.39, 0.29) is 6.61 Å². The SMILES string of the molecule is CCN(CC)C1CCN(c2cncc(CO)n2)C1. The van der Waals surface area contributed by atoms with E-state index >= 15 is 0 Å². The fourth-order valence-corrected chi connectivity index (χ4v) is 2.61. The van der Waals surface area contributed by atoms with Gasteiger partial charge in [0.25, 0.3) is 0 Å². The zero-order chi connectivity index (χ0) is 13.0. The molecule has 0 amide bonds. The second-order valence-electron chi connectivity index (χ2n) is 4.64. The number of aromatic nitrogens is 2. The van der Waals surface area contributed by atoms with Crippen molar-refractivity contribution in [3.05, 3.63) is 18.1 Å². The summed E-state index contributed by atoms with van der Waals surface area (Å²) in [6.07, 6.45) is 4.57. The van der Waals surface area contributed by atoms with Crippen LogP contribution in [0.3, 0.4) is 0 Å². The van der Waals surface area contributed by atoms with Gasteiger partial charge in [-0.1, -0.05) is 13.8 Å². The van der Waals surface area contributed by atoms with E-state index in [9.17, 15) is 0 Å². The monoisotopic (exact) mass is 250 g/mol. The number of aliphatic hydroxyl groups excluding tert-OH is 1. The Kier molecular flexibility index (Phi) is 4.49. The Hall–Kier alpha value is -1.20. The van der Waals surface area contributed by atoms with E-state index in [1.54, 1.807) is 12.4 Å². The second kappa shape index (κ2) is 6.11. The predicted octanol–water partition coefficient (Wildman–Crippen LogP) is 0.889. The first-order chi connectivity index (χ1) is 8.78. The molecule has 1 aromatic rings. The van der Waals surface area contributed by atoms with E-state index in [1.807, 2.05) is 0 Å². The summed E-state index contributed by atoms with van der Waals surface area (Å²) in [6, 6.07) is 0.611. The normalized spacial score (nSPS) is 19.8. The number of rotatable bonds is 5. The number of hydrogen-bond donors (Lipinski definition) is 1. The van der Waals surface area contributed by atoms with Crippen LogP contribution in [0.25, 0.3) is 0 Å². The van der Waals surface area contributed by atoms with Gasteiger partial charge in [-0.2, -0.15) is 0 Å². The topological polar surface area (TPSA) is 52.5 Å². The number of anilines is 1. The lowest BCUT2D eigenvalue weighted by molar-refractivity contribution is 0.232. The van der Waals surface area contributed by atoms with Crippen LogP contribution in [-0.4, -0.2) is 52.2 Å². The summed E-state index contributed by atoms with van der Waals surface area (Å²) < 4.78 is 0. The van der Waals surface area contributed by atoms with Crippen molar-refractivity contribution in [3.8, 4) is 0 Å². The van der Waals surface area contributed by atoms with E-state index in [1.165, 1.54) is 6.42 Å². The maximum atomic E-state index is 9.09. The summed E-state index contributed by atoms with van der Waals surface area (Å²) in [6.45, 7) is 8.58. The molecule has 0 radical (unpaired) electrons. The first kappa shape index (κ1) is 13.2. The van der Waals surface area contributed by atoms with Crippen LogP contribution >= 0.6 is 0 Å². The fraction of sp³-hybridized carbons (Fsp3) is 0.692. The first-order valence-electron chi connectivity index (χ1n) is 6.69. The molecule has 1 aromatic heterocycles. The van der Waals surface area contributed by atoms with Gasteiger partial charge in [0.1, 0.15) is 5.82 Å². The molecule has 0 bridgehead atoms. The molecule has 2 rings (SSSR count). The van der Waals surface area contributed by atoms with Crippen LogP contribution in [0.5, 0.6) is 0 Å². The molecule has 5 heteroatoms. The quantitative estimate of drug-likeness (QED) is 0.841. The zero-order valence-corrected chi connectivity index (χ0v) is 11.2. The van der Waals surface area contributed by atoms with Gasteiger partial charge in [-0.25, -0.2) is 4.98 Å². The third-order valence-corrected chi connectivity index (χ3v) is 3.65. The van der Waals surface area contributed by atoms with Crippen molar-refractivity contribution in [2.75, 3.05) is 31.1 Å². The highest BCUT2D eigenvalue weighted by molar-refractivity contribution is 5.38. The lowest BCUT2D eigenvalue weighted by atomic mass is 10.2. The molecule has 0 aromatic carbocycles. The number of hydrogen-bond acceptors (Lipinski definition) is 5. The van der Waals surface area contributed by atoms with Crippen LogP contribution in [0.4, 0.5) is 5.82 Å². The van der Waals surface area contributed by atoms with Gasteiger partial charge in [0, 0.05) is 19.1 Å². The summed E-state index contributed by atoms with van der Waals surface area (Å²) in [4.78, 5) is 13.3. The molecular formula is C13H22N4O. The Balaban J connectivity index is 2.03. The van der Waals surface area contributed by atoms with Gasteiger partial charge < -0.3 is 10.0 Å². The minimum absolute atomic E-state index is 0.0475. The van der Waals surface area contributed by atoms with Crippen molar-refractivity contribution in [1.82, 2.24) is 14.9 Å².